The monoisotopic (exact) mass is 472 g/mol. The van der Waals surface area contributed by atoms with Crippen molar-refractivity contribution in [2.24, 2.45) is 0 Å². The number of carbonyl (C=O) groups excluding carboxylic acids is 1. The van der Waals surface area contributed by atoms with E-state index in [0.717, 1.165) is 0 Å². The number of nitrogen functional groups attached to an aromatic ring is 1. The highest BCUT2D eigenvalue weighted by Gasteiger charge is 2.22. The second kappa shape index (κ2) is 10.7. The summed E-state index contributed by atoms with van der Waals surface area (Å²) in [6, 6.07) is 6.31. The van der Waals surface area contributed by atoms with Gasteiger partial charge in [0.05, 0.1) is 11.5 Å². The average Bonchev–Trinajstić information content (AvgIpc) is 2.60. The van der Waals surface area contributed by atoms with Crippen molar-refractivity contribution in [3.63, 3.8) is 0 Å². The van der Waals surface area contributed by atoms with Gasteiger partial charge in [0.15, 0.2) is 19.7 Å². The molecular formula is C17H26Cl2N2O5S2. The van der Waals surface area contributed by atoms with Crippen LogP contribution in [0.15, 0.2) is 24.3 Å². The van der Waals surface area contributed by atoms with Gasteiger partial charge >= 0.3 is 0 Å². The Hall–Kier alpha value is -1.03. The van der Waals surface area contributed by atoms with Gasteiger partial charge in [-0.2, -0.15) is 0 Å². The van der Waals surface area contributed by atoms with E-state index >= 15 is 0 Å². The van der Waals surface area contributed by atoms with Crippen LogP contribution in [-0.4, -0.2) is 61.7 Å². The Morgan fingerprint density at radius 3 is 1.68 bits per heavy atom. The third-order valence-electron chi connectivity index (χ3n) is 4.15. The third-order valence-corrected chi connectivity index (χ3v) is 9.47. The van der Waals surface area contributed by atoms with Gasteiger partial charge in [-0.15, -0.1) is 23.2 Å². The number of benzene rings is 1. The van der Waals surface area contributed by atoms with E-state index in [1.54, 1.807) is 24.3 Å². The molecule has 28 heavy (non-hydrogen) atoms. The van der Waals surface area contributed by atoms with Crippen LogP contribution < -0.4 is 5.73 Å². The van der Waals surface area contributed by atoms with Crippen molar-refractivity contribution in [2.45, 2.75) is 36.1 Å². The zero-order valence-corrected chi connectivity index (χ0v) is 19.0. The van der Waals surface area contributed by atoms with Gasteiger partial charge in [0.25, 0.3) is 5.91 Å². The van der Waals surface area contributed by atoms with E-state index in [2.05, 4.69) is 0 Å². The minimum Gasteiger partial charge on any atom is -0.399 e. The maximum absolute atomic E-state index is 12.8. The highest BCUT2D eigenvalue weighted by Crippen LogP contribution is 2.13. The summed E-state index contributed by atoms with van der Waals surface area (Å²) in [5.41, 5.74) is 6.52. The molecule has 0 aliphatic heterocycles. The van der Waals surface area contributed by atoms with Crippen LogP contribution in [0, 0.1) is 0 Å². The largest absolute Gasteiger partial charge is 0.399 e. The van der Waals surface area contributed by atoms with E-state index in [0.29, 0.717) is 11.3 Å². The number of rotatable bonds is 11. The molecule has 1 aromatic carbocycles. The molecule has 2 unspecified atom stereocenters. The van der Waals surface area contributed by atoms with E-state index in [4.69, 9.17) is 28.9 Å². The van der Waals surface area contributed by atoms with Crippen molar-refractivity contribution in [1.82, 2.24) is 4.90 Å². The number of amides is 1. The maximum Gasteiger partial charge on any atom is 0.253 e. The van der Waals surface area contributed by atoms with Crippen molar-refractivity contribution in [3.8, 4) is 0 Å². The van der Waals surface area contributed by atoms with Crippen LogP contribution >= 0.6 is 23.2 Å². The fourth-order valence-electron chi connectivity index (χ4n) is 2.36. The molecular weight excluding hydrogens is 447 g/mol. The van der Waals surface area contributed by atoms with E-state index < -0.39 is 29.1 Å². The number of hydrogen-bond acceptors (Lipinski definition) is 6. The van der Waals surface area contributed by atoms with Crippen molar-refractivity contribution in [1.29, 1.82) is 0 Å². The summed E-state index contributed by atoms with van der Waals surface area (Å²) < 4.78 is 45.4. The second-order valence-corrected chi connectivity index (χ2v) is 13.2. The summed E-state index contributed by atoms with van der Waals surface area (Å²) in [5, 5.41) is 0. The molecule has 0 aliphatic carbocycles. The van der Waals surface area contributed by atoms with E-state index in [9.17, 15) is 21.6 Å². The molecule has 0 saturated heterocycles. The molecule has 2 atom stereocenters. The molecule has 1 rings (SSSR count). The van der Waals surface area contributed by atoms with Gasteiger partial charge in [-0.1, -0.05) is 0 Å². The summed E-state index contributed by atoms with van der Waals surface area (Å²) in [5.74, 6) is -0.659. The smallest absolute Gasteiger partial charge is 0.253 e. The molecule has 0 heterocycles. The quantitative estimate of drug-likeness (QED) is 0.390. The van der Waals surface area contributed by atoms with Gasteiger partial charge in [-0.25, -0.2) is 16.8 Å². The van der Waals surface area contributed by atoms with Crippen molar-refractivity contribution >= 4 is 54.5 Å². The lowest BCUT2D eigenvalue weighted by Crippen LogP contribution is -2.35. The number of halogens is 2. The summed E-state index contributed by atoms with van der Waals surface area (Å²) in [4.78, 5) is 14.2. The van der Waals surface area contributed by atoms with Gasteiger partial charge in [0.1, 0.15) is 9.42 Å². The highest BCUT2D eigenvalue weighted by molar-refractivity contribution is 7.93. The lowest BCUT2D eigenvalue weighted by atomic mass is 10.1. The molecule has 160 valence electrons. The standard InChI is InChI=1S/C17H26Cl2N2O5S2/c1-13(18)27(23,24)11-3-9-21(10-4-12-28(25,26)14(2)19)17(22)15-5-7-16(20)8-6-15/h5-8,13-14H,3-4,9-12,20H2,1-2H3. The molecule has 2 N–H and O–H groups in total. The number of nitrogens with zero attached hydrogens (tertiary/aromatic N) is 1. The Bertz CT molecular complexity index is 810. The first kappa shape index (κ1) is 25.0. The minimum atomic E-state index is -3.45. The summed E-state index contributed by atoms with van der Waals surface area (Å²) in [7, 11) is -6.89. The minimum absolute atomic E-state index is 0.155. The number of carbonyl (C=O) groups is 1. The Balaban J connectivity index is 2.84. The van der Waals surface area contributed by atoms with Crippen molar-refractivity contribution in [2.75, 3.05) is 30.3 Å². The van der Waals surface area contributed by atoms with Gasteiger partial charge in [-0.05, 0) is 51.0 Å². The molecule has 0 bridgehead atoms. The lowest BCUT2D eigenvalue weighted by Gasteiger charge is -2.23. The number of anilines is 1. The van der Waals surface area contributed by atoms with Crippen LogP contribution in [0.1, 0.15) is 37.0 Å². The van der Waals surface area contributed by atoms with Crippen molar-refractivity contribution < 1.29 is 21.6 Å². The zero-order valence-electron chi connectivity index (χ0n) is 15.8. The number of alkyl halides is 2. The zero-order chi connectivity index (χ0) is 21.5. The molecule has 0 aliphatic rings. The molecule has 0 radical (unpaired) electrons. The van der Waals surface area contributed by atoms with Gasteiger partial charge < -0.3 is 10.6 Å². The van der Waals surface area contributed by atoms with E-state index in [1.165, 1.54) is 18.7 Å². The average molecular weight is 473 g/mol. The Morgan fingerprint density at radius 1 is 0.929 bits per heavy atom. The molecule has 0 spiro atoms. The number of hydrogen-bond donors (Lipinski definition) is 1. The van der Waals surface area contributed by atoms with Crippen LogP contribution in [0.5, 0.6) is 0 Å². The molecule has 1 amide bonds. The van der Waals surface area contributed by atoms with E-state index in [1.807, 2.05) is 0 Å². The predicted octanol–water partition coefficient (Wildman–Crippen LogP) is 2.49. The Labute approximate surface area is 177 Å². The fourth-order valence-corrected chi connectivity index (χ4v) is 4.61. The Morgan fingerprint density at radius 2 is 1.32 bits per heavy atom. The first-order chi connectivity index (χ1) is 12.9. The first-order valence-corrected chi connectivity index (χ1v) is 13.0. The summed E-state index contributed by atoms with van der Waals surface area (Å²) >= 11 is 11.3. The molecule has 11 heteroatoms. The van der Waals surface area contributed by atoms with Crippen LogP contribution in [-0.2, 0) is 19.7 Å². The highest BCUT2D eigenvalue weighted by atomic mass is 35.5. The van der Waals surface area contributed by atoms with Gasteiger partial charge in [0, 0.05) is 24.3 Å². The van der Waals surface area contributed by atoms with Gasteiger partial charge in [0.2, 0.25) is 0 Å². The van der Waals surface area contributed by atoms with Crippen LogP contribution in [0.2, 0.25) is 0 Å². The second-order valence-electron chi connectivity index (χ2n) is 6.44. The van der Waals surface area contributed by atoms with E-state index in [-0.39, 0.29) is 43.3 Å². The molecule has 7 nitrogen and oxygen atoms in total. The third kappa shape index (κ3) is 7.77. The van der Waals surface area contributed by atoms with Crippen LogP contribution in [0.4, 0.5) is 5.69 Å². The van der Waals surface area contributed by atoms with Crippen molar-refractivity contribution in [3.05, 3.63) is 29.8 Å². The number of nitrogens with two attached hydrogens (primary N) is 1. The first-order valence-electron chi connectivity index (χ1n) is 8.73. The fraction of sp³-hybridized carbons (Fsp3) is 0.588. The summed E-state index contributed by atoms with van der Waals surface area (Å²) in [6.45, 7) is 3.07. The normalized spacial score (nSPS) is 14.4. The Kier molecular flexibility index (Phi) is 9.52. The summed E-state index contributed by atoms with van der Waals surface area (Å²) in [6.07, 6.45) is 0.386. The topological polar surface area (TPSA) is 115 Å². The maximum atomic E-state index is 12.8. The molecule has 1 aromatic rings. The lowest BCUT2D eigenvalue weighted by molar-refractivity contribution is 0.0756. The molecule has 0 fully saturated rings. The van der Waals surface area contributed by atoms with Gasteiger partial charge in [-0.3, -0.25) is 4.79 Å². The van der Waals surface area contributed by atoms with Crippen LogP contribution in [0.25, 0.3) is 0 Å². The molecule has 0 saturated carbocycles. The SMILES string of the molecule is CC(Cl)S(=O)(=O)CCCN(CCCS(=O)(=O)C(C)Cl)C(=O)c1ccc(N)cc1. The molecule has 0 aromatic heterocycles. The predicted molar refractivity (Wildman–Crippen MR) is 114 cm³/mol. The van der Waals surface area contributed by atoms with Crippen LogP contribution in [0.3, 0.4) is 0 Å². The number of sulfone groups is 2.